The summed E-state index contributed by atoms with van der Waals surface area (Å²) in [6, 6.07) is 1.07. The van der Waals surface area contributed by atoms with Crippen LogP contribution in [-0.2, 0) is 0 Å². The molecule has 0 spiro atoms. The van der Waals surface area contributed by atoms with Gasteiger partial charge in [0, 0.05) is 17.7 Å². The Kier molecular flexibility index (Phi) is 3.18. The highest BCUT2D eigenvalue weighted by Crippen LogP contribution is 2.20. The molecule has 0 bridgehead atoms. The van der Waals surface area contributed by atoms with Crippen molar-refractivity contribution < 1.29 is 15.0 Å². The maximum absolute atomic E-state index is 10.7. The number of hydrogen-bond acceptors (Lipinski definition) is 5. The maximum Gasteiger partial charge on any atom is 0.490 e. The van der Waals surface area contributed by atoms with E-state index >= 15 is 0 Å². The lowest BCUT2D eigenvalue weighted by atomic mass is 9.81. The number of allylic oxidation sites excluding steroid dienone is 1. The fourth-order valence-corrected chi connectivity index (χ4v) is 1.08. The Bertz CT molecular complexity index is 419. The standard InChI is InChI=1S/C8H9BN2O4/c1-5(2)8-7(11(14)15)3-6(4-10-8)9(12)13/h3-4,12-13H,1H2,2H3. The van der Waals surface area contributed by atoms with Crippen molar-refractivity contribution in [3.8, 4) is 0 Å². The van der Waals surface area contributed by atoms with Gasteiger partial charge in [-0.2, -0.15) is 0 Å². The van der Waals surface area contributed by atoms with Gasteiger partial charge in [-0.1, -0.05) is 6.58 Å². The molecule has 0 saturated heterocycles. The summed E-state index contributed by atoms with van der Waals surface area (Å²) in [5, 5.41) is 28.3. The predicted molar refractivity (Wildman–Crippen MR) is 55.4 cm³/mol. The first-order chi connectivity index (χ1) is 6.93. The summed E-state index contributed by atoms with van der Waals surface area (Å²) in [6.07, 6.45) is 1.17. The predicted octanol–water partition coefficient (Wildman–Crippen LogP) is -0.297. The molecule has 6 nitrogen and oxygen atoms in total. The van der Waals surface area contributed by atoms with Crippen molar-refractivity contribution in [1.29, 1.82) is 0 Å². The Labute approximate surface area is 86.2 Å². The highest BCUT2D eigenvalue weighted by molar-refractivity contribution is 6.58. The topological polar surface area (TPSA) is 96.5 Å². The van der Waals surface area contributed by atoms with E-state index in [1.807, 2.05) is 0 Å². The smallest absolute Gasteiger partial charge is 0.423 e. The van der Waals surface area contributed by atoms with Crippen molar-refractivity contribution in [2.75, 3.05) is 0 Å². The first kappa shape index (κ1) is 11.4. The number of nitrogens with zero attached hydrogens (tertiary/aromatic N) is 2. The molecule has 0 atom stereocenters. The van der Waals surface area contributed by atoms with Crippen molar-refractivity contribution in [2.24, 2.45) is 0 Å². The van der Waals surface area contributed by atoms with Gasteiger partial charge in [0.05, 0.1) is 4.92 Å². The Hall–Kier alpha value is -1.73. The first-order valence-corrected chi connectivity index (χ1v) is 4.10. The van der Waals surface area contributed by atoms with Gasteiger partial charge in [0.1, 0.15) is 5.69 Å². The lowest BCUT2D eigenvalue weighted by Crippen LogP contribution is -2.30. The monoisotopic (exact) mass is 208 g/mol. The van der Waals surface area contributed by atoms with Gasteiger partial charge >= 0.3 is 7.12 Å². The van der Waals surface area contributed by atoms with E-state index in [2.05, 4.69) is 11.6 Å². The van der Waals surface area contributed by atoms with Crippen molar-refractivity contribution in [2.45, 2.75) is 6.92 Å². The summed E-state index contributed by atoms with van der Waals surface area (Å²) >= 11 is 0. The zero-order chi connectivity index (χ0) is 11.6. The van der Waals surface area contributed by atoms with Crippen LogP contribution in [0.4, 0.5) is 5.69 Å². The van der Waals surface area contributed by atoms with Gasteiger partial charge in [-0.25, -0.2) is 4.98 Å². The quantitative estimate of drug-likeness (QED) is 0.403. The number of rotatable bonds is 3. The molecule has 78 valence electrons. The van der Waals surface area contributed by atoms with Crippen LogP contribution in [0.1, 0.15) is 12.6 Å². The van der Waals surface area contributed by atoms with E-state index in [4.69, 9.17) is 10.0 Å². The minimum Gasteiger partial charge on any atom is -0.423 e. The molecule has 0 radical (unpaired) electrons. The zero-order valence-electron chi connectivity index (χ0n) is 8.04. The zero-order valence-corrected chi connectivity index (χ0v) is 8.04. The summed E-state index contributed by atoms with van der Waals surface area (Å²) in [5.74, 6) is 0. The Morgan fingerprint density at radius 1 is 1.67 bits per heavy atom. The van der Waals surface area contributed by atoms with Crippen molar-refractivity contribution in [3.05, 3.63) is 34.7 Å². The highest BCUT2D eigenvalue weighted by Gasteiger charge is 2.21. The molecule has 0 unspecified atom stereocenters. The fraction of sp³-hybridized carbons (Fsp3) is 0.125. The summed E-state index contributed by atoms with van der Waals surface area (Å²) < 4.78 is 0. The van der Waals surface area contributed by atoms with E-state index in [1.54, 1.807) is 6.92 Å². The molecule has 1 aromatic rings. The molecule has 7 heteroatoms. The minimum atomic E-state index is -1.77. The molecule has 0 aliphatic rings. The molecule has 0 fully saturated rings. The van der Waals surface area contributed by atoms with Crippen LogP contribution >= 0.6 is 0 Å². The second kappa shape index (κ2) is 4.20. The molecule has 1 aromatic heterocycles. The lowest BCUT2D eigenvalue weighted by molar-refractivity contribution is -0.385. The molecular formula is C8H9BN2O4. The van der Waals surface area contributed by atoms with E-state index in [9.17, 15) is 10.1 Å². The van der Waals surface area contributed by atoms with Gasteiger partial charge in [0.2, 0.25) is 0 Å². The lowest BCUT2D eigenvalue weighted by Gasteiger charge is -2.03. The summed E-state index contributed by atoms with van der Waals surface area (Å²) in [4.78, 5) is 13.8. The van der Waals surface area contributed by atoms with Gasteiger partial charge in [-0.05, 0) is 12.5 Å². The third kappa shape index (κ3) is 2.39. The van der Waals surface area contributed by atoms with E-state index in [1.165, 1.54) is 6.20 Å². The number of hydrogen-bond donors (Lipinski definition) is 2. The third-order valence-corrected chi connectivity index (χ3v) is 1.79. The summed E-state index contributed by atoms with van der Waals surface area (Å²) in [6.45, 7) is 5.14. The van der Waals surface area contributed by atoms with E-state index < -0.39 is 12.0 Å². The van der Waals surface area contributed by atoms with Gasteiger partial charge in [0.25, 0.3) is 5.69 Å². The number of nitro groups is 1. The molecule has 1 rings (SSSR count). The molecule has 0 saturated carbocycles. The first-order valence-electron chi connectivity index (χ1n) is 4.10. The Balaban J connectivity index is 3.33. The van der Waals surface area contributed by atoms with Crippen LogP contribution in [0.15, 0.2) is 18.8 Å². The molecule has 2 N–H and O–H groups in total. The van der Waals surface area contributed by atoms with Crippen LogP contribution < -0.4 is 5.46 Å². The normalized spacial score (nSPS) is 9.80. The van der Waals surface area contributed by atoms with Crippen LogP contribution in [0.25, 0.3) is 5.57 Å². The molecule has 15 heavy (non-hydrogen) atoms. The van der Waals surface area contributed by atoms with Gasteiger partial charge in [-0.15, -0.1) is 0 Å². The number of aromatic nitrogens is 1. The highest BCUT2D eigenvalue weighted by atomic mass is 16.6. The van der Waals surface area contributed by atoms with Crippen LogP contribution in [0.2, 0.25) is 0 Å². The maximum atomic E-state index is 10.7. The van der Waals surface area contributed by atoms with Crippen LogP contribution in [0, 0.1) is 10.1 Å². The molecule has 0 aliphatic carbocycles. The van der Waals surface area contributed by atoms with Crippen LogP contribution in [0.3, 0.4) is 0 Å². The van der Waals surface area contributed by atoms with Crippen molar-refractivity contribution in [3.63, 3.8) is 0 Å². The molecule has 0 aliphatic heterocycles. The molecule has 0 aromatic carbocycles. The summed E-state index contributed by atoms with van der Waals surface area (Å²) in [7, 11) is -1.77. The third-order valence-electron chi connectivity index (χ3n) is 1.79. The van der Waals surface area contributed by atoms with Gasteiger partial charge in [0.15, 0.2) is 0 Å². The Morgan fingerprint density at radius 3 is 2.67 bits per heavy atom. The van der Waals surface area contributed by atoms with Crippen LogP contribution in [0.5, 0.6) is 0 Å². The van der Waals surface area contributed by atoms with E-state index in [-0.39, 0.29) is 16.8 Å². The average molecular weight is 208 g/mol. The number of pyridine rings is 1. The molecular weight excluding hydrogens is 199 g/mol. The van der Waals surface area contributed by atoms with Crippen LogP contribution in [-0.4, -0.2) is 27.1 Å². The van der Waals surface area contributed by atoms with Gasteiger partial charge in [-0.3, -0.25) is 10.1 Å². The minimum absolute atomic E-state index is 0.0216. The average Bonchev–Trinajstić information content (AvgIpc) is 2.16. The second-order valence-electron chi connectivity index (χ2n) is 3.05. The fourth-order valence-electron chi connectivity index (χ4n) is 1.08. The second-order valence-corrected chi connectivity index (χ2v) is 3.05. The van der Waals surface area contributed by atoms with E-state index in [0.717, 1.165) is 6.07 Å². The van der Waals surface area contributed by atoms with Crippen molar-refractivity contribution >= 4 is 23.8 Å². The Morgan fingerprint density at radius 2 is 2.27 bits per heavy atom. The molecule has 0 amide bonds. The molecule has 1 heterocycles. The largest absolute Gasteiger partial charge is 0.490 e. The SMILES string of the molecule is C=C(C)c1ncc(B(O)O)cc1[N+](=O)[O-]. The van der Waals surface area contributed by atoms with Gasteiger partial charge < -0.3 is 10.0 Å². The summed E-state index contributed by atoms with van der Waals surface area (Å²) in [5.41, 5.74) is 0.282. The van der Waals surface area contributed by atoms with Crippen molar-refractivity contribution in [1.82, 2.24) is 4.98 Å². The van der Waals surface area contributed by atoms with E-state index in [0.29, 0.717) is 5.57 Å².